The Balaban J connectivity index is 0.000000190. The molecule has 2 aliphatic rings. The van der Waals surface area contributed by atoms with Gasteiger partial charge in [-0.05, 0) is 76.2 Å². The fraction of sp³-hybridized carbons (Fsp3) is 0.423. The van der Waals surface area contributed by atoms with Crippen LogP contribution in [0.4, 0.5) is 0 Å². The molecule has 0 bridgehead atoms. The van der Waals surface area contributed by atoms with E-state index in [2.05, 4.69) is 63.7 Å². The van der Waals surface area contributed by atoms with E-state index in [0.717, 1.165) is 24.5 Å². The standard InChI is InChI=1S/2C26H32N8O4S/c2*1-5-21-22-23(31-32(21)4)25(35)30-24(29-22)19-15-18(39(36,37)34-13-11-33(6-2)12-14-34)16-28-26(19)38-17(3)20-9-7-8-10-27-20/h2*7-10,15-17H,5-6,11-14H2,1-4H3,(H,29,30,35). The molecule has 2 atom stereocenters. The number of H-pyrrole nitrogens is 2. The number of aromatic amines is 2. The number of fused-ring (bicyclic) bond motifs is 2. The molecule has 2 aliphatic heterocycles. The van der Waals surface area contributed by atoms with Gasteiger partial charge in [0.2, 0.25) is 31.8 Å². The Hall–Kier alpha value is -7.36. The van der Waals surface area contributed by atoms with Gasteiger partial charge in [0.05, 0.1) is 46.3 Å². The van der Waals surface area contributed by atoms with Gasteiger partial charge in [0, 0.05) is 78.8 Å². The second kappa shape index (κ2) is 23.3. The molecule has 0 aliphatic carbocycles. The minimum Gasteiger partial charge on any atom is -0.468 e. The first-order valence-electron chi connectivity index (χ1n) is 26.0. The van der Waals surface area contributed by atoms with Crippen molar-refractivity contribution < 1.29 is 26.3 Å². The number of piperazine rings is 2. The molecule has 0 radical (unpaired) electrons. The zero-order valence-electron chi connectivity index (χ0n) is 44.9. The maximum atomic E-state index is 13.6. The molecule has 0 amide bonds. The van der Waals surface area contributed by atoms with E-state index >= 15 is 0 Å². The van der Waals surface area contributed by atoms with Gasteiger partial charge in [0.1, 0.15) is 44.7 Å². The molecule has 2 unspecified atom stereocenters. The van der Waals surface area contributed by atoms with Crippen LogP contribution in [0.2, 0.25) is 0 Å². The number of rotatable bonds is 16. The number of nitrogens with one attached hydrogen (secondary N) is 2. The van der Waals surface area contributed by atoms with E-state index in [1.807, 2.05) is 64.1 Å². The molecular weight excluding hydrogens is 1040 g/mol. The van der Waals surface area contributed by atoms with Crippen molar-refractivity contribution in [3.63, 3.8) is 0 Å². The van der Waals surface area contributed by atoms with E-state index in [1.165, 1.54) is 33.1 Å². The van der Waals surface area contributed by atoms with E-state index in [1.54, 1.807) is 35.9 Å². The fourth-order valence-corrected chi connectivity index (χ4v) is 12.3. The lowest BCUT2D eigenvalue weighted by molar-refractivity contribution is 0.196. The van der Waals surface area contributed by atoms with Crippen molar-refractivity contribution in [2.24, 2.45) is 14.1 Å². The molecule has 412 valence electrons. The molecule has 0 aromatic carbocycles. The van der Waals surface area contributed by atoms with Crippen LogP contribution in [-0.4, -0.2) is 160 Å². The molecule has 0 saturated carbocycles. The average molecular weight is 1110 g/mol. The monoisotopic (exact) mass is 1100 g/mol. The van der Waals surface area contributed by atoms with Gasteiger partial charge in [-0.1, -0.05) is 39.8 Å². The van der Waals surface area contributed by atoms with Crippen LogP contribution in [0.5, 0.6) is 11.8 Å². The highest BCUT2D eigenvalue weighted by molar-refractivity contribution is 7.89. The summed E-state index contributed by atoms with van der Waals surface area (Å²) in [6.45, 7) is 17.6. The maximum Gasteiger partial charge on any atom is 0.279 e. The van der Waals surface area contributed by atoms with Crippen molar-refractivity contribution >= 4 is 42.1 Å². The highest BCUT2D eigenvalue weighted by Crippen LogP contribution is 2.35. The van der Waals surface area contributed by atoms with Crippen molar-refractivity contribution in [2.75, 3.05) is 65.4 Å². The molecular formula is C52H64N16O8S2. The molecule has 2 saturated heterocycles. The van der Waals surface area contributed by atoms with Crippen molar-refractivity contribution in [3.05, 3.63) is 117 Å². The highest BCUT2D eigenvalue weighted by atomic mass is 32.2. The Morgan fingerprint density at radius 3 is 1.27 bits per heavy atom. The summed E-state index contributed by atoms with van der Waals surface area (Å²) in [4.78, 5) is 62.9. The normalized spacial score (nSPS) is 16.0. The number of hydrogen-bond donors (Lipinski definition) is 2. The SMILES string of the molecule is CCc1c2nc(-c3cc(S(=O)(=O)N4CCN(CC)CC4)cnc3OC(C)c3ccccn3)[nH]c(=O)c2nn1C.CCc1c2nc(-c3cc(S(=O)(=O)N4CCN(CC)CC4)cnc3OC(C)c3ccccn3)[nH]c(=O)c2nn1C. The summed E-state index contributed by atoms with van der Waals surface area (Å²) in [5.74, 6) is 0.567. The largest absolute Gasteiger partial charge is 0.468 e. The number of pyridine rings is 4. The Morgan fingerprint density at radius 1 is 0.551 bits per heavy atom. The van der Waals surface area contributed by atoms with E-state index in [9.17, 15) is 26.4 Å². The molecule has 2 fully saturated rings. The van der Waals surface area contributed by atoms with Gasteiger partial charge in [-0.25, -0.2) is 36.8 Å². The van der Waals surface area contributed by atoms with Gasteiger partial charge in [0.25, 0.3) is 11.1 Å². The van der Waals surface area contributed by atoms with E-state index in [-0.39, 0.29) is 55.4 Å². The van der Waals surface area contributed by atoms with Crippen LogP contribution in [0.1, 0.15) is 76.5 Å². The third-order valence-electron chi connectivity index (χ3n) is 14.1. The third-order valence-corrected chi connectivity index (χ3v) is 17.8. The van der Waals surface area contributed by atoms with E-state index < -0.39 is 43.4 Å². The van der Waals surface area contributed by atoms with Crippen molar-refractivity contribution in [3.8, 4) is 34.5 Å². The molecule has 2 N–H and O–H groups in total. The van der Waals surface area contributed by atoms with Crippen LogP contribution in [-0.2, 0) is 47.0 Å². The van der Waals surface area contributed by atoms with Crippen LogP contribution in [0, 0.1) is 0 Å². The summed E-state index contributed by atoms with van der Waals surface area (Å²) >= 11 is 0. The smallest absolute Gasteiger partial charge is 0.279 e. The molecule has 8 aromatic heterocycles. The first kappa shape index (κ1) is 55.4. The van der Waals surface area contributed by atoms with Gasteiger partial charge >= 0.3 is 0 Å². The lowest BCUT2D eigenvalue weighted by Crippen LogP contribution is -2.48. The first-order chi connectivity index (χ1) is 37.4. The van der Waals surface area contributed by atoms with Crippen LogP contribution in [0.25, 0.3) is 44.8 Å². The summed E-state index contributed by atoms with van der Waals surface area (Å²) in [5.41, 5.74) is 3.90. The molecule has 10 heterocycles. The molecule has 0 spiro atoms. The fourth-order valence-electron chi connectivity index (χ4n) is 9.53. The van der Waals surface area contributed by atoms with Gasteiger partial charge in [0.15, 0.2) is 11.0 Å². The number of likely N-dealkylation sites (N-methyl/N-ethyl adjacent to an activating group) is 2. The summed E-state index contributed by atoms with van der Waals surface area (Å²) < 4.78 is 73.0. The Bertz CT molecular complexity index is 3530. The minimum atomic E-state index is -3.84. The summed E-state index contributed by atoms with van der Waals surface area (Å²) in [5, 5.41) is 8.62. The Morgan fingerprint density at radius 2 is 0.936 bits per heavy atom. The molecule has 8 aromatic rings. The number of hydrogen-bond acceptors (Lipinski definition) is 18. The van der Waals surface area contributed by atoms with Crippen LogP contribution in [0.15, 0.2) is 92.7 Å². The number of sulfonamides is 2. The topological polar surface area (TPSA) is 278 Å². The van der Waals surface area contributed by atoms with E-state index in [0.29, 0.717) is 87.6 Å². The van der Waals surface area contributed by atoms with Gasteiger partial charge < -0.3 is 29.2 Å². The lowest BCUT2D eigenvalue weighted by Gasteiger charge is -2.33. The van der Waals surface area contributed by atoms with E-state index in [4.69, 9.17) is 19.4 Å². The predicted molar refractivity (Wildman–Crippen MR) is 292 cm³/mol. The Kier molecular flexibility index (Phi) is 16.6. The molecule has 24 nitrogen and oxygen atoms in total. The molecule has 78 heavy (non-hydrogen) atoms. The maximum absolute atomic E-state index is 13.6. The van der Waals surface area contributed by atoms with Gasteiger partial charge in [-0.15, -0.1) is 0 Å². The summed E-state index contributed by atoms with van der Waals surface area (Å²) in [6.07, 6.45) is 6.15. The summed E-state index contributed by atoms with van der Waals surface area (Å²) in [7, 11) is -4.17. The Labute approximate surface area is 451 Å². The number of nitrogens with zero attached hydrogens (tertiary/aromatic N) is 14. The van der Waals surface area contributed by atoms with Crippen molar-refractivity contribution in [2.45, 2.75) is 76.4 Å². The second-order valence-corrected chi connectivity index (χ2v) is 22.7. The number of aromatic nitrogens is 12. The number of aryl methyl sites for hydroxylation is 4. The summed E-state index contributed by atoms with van der Waals surface area (Å²) in [6, 6.07) is 13.9. The van der Waals surface area contributed by atoms with Crippen LogP contribution in [0.3, 0.4) is 0 Å². The molecule has 26 heteroatoms. The minimum absolute atomic E-state index is 0.00457. The quantitative estimate of drug-likeness (QED) is 0.137. The predicted octanol–water partition coefficient (Wildman–Crippen LogP) is 4.28. The lowest BCUT2D eigenvalue weighted by atomic mass is 10.2. The van der Waals surface area contributed by atoms with Gasteiger partial charge in [-0.2, -0.15) is 18.8 Å². The average Bonchev–Trinajstić information content (AvgIpc) is 4.03. The van der Waals surface area contributed by atoms with Crippen molar-refractivity contribution in [1.29, 1.82) is 0 Å². The molecule has 10 rings (SSSR count). The van der Waals surface area contributed by atoms with Crippen LogP contribution >= 0.6 is 0 Å². The highest BCUT2D eigenvalue weighted by Gasteiger charge is 2.32. The zero-order valence-corrected chi connectivity index (χ0v) is 46.5. The third kappa shape index (κ3) is 11.3. The number of ether oxygens (including phenoxy) is 2. The van der Waals surface area contributed by atoms with Crippen molar-refractivity contribution in [1.82, 2.24) is 77.8 Å². The zero-order chi connectivity index (χ0) is 55.5. The van der Waals surface area contributed by atoms with Crippen LogP contribution < -0.4 is 20.6 Å². The second-order valence-electron chi connectivity index (χ2n) is 18.8. The first-order valence-corrected chi connectivity index (χ1v) is 28.9. The van der Waals surface area contributed by atoms with Gasteiger partial charge in [-0.3, -0.25) is 28.9 Å².